The van der Waals surface area contributed by atoms with Crippen LogP contribution in [0.3, 0.4) is 0 Å². The molecule has 2 rings (SSSR count). The predicted octanol–water partition coefficient (Wildman–Crippen LogP) is -0.767. The van der Waals surface area contributed by atoms with E-state index in [1.807, 2.05) is 4.90 Å². The Balaban J connectivity index is 2.00. The second kappa shape index (κ2) is 5.77. The molecule has 0 aromatic heterocycles. The summed E-state index contributed by atoms with van der Waals surface area (Å²) >= 11 is 0. The maximum atomic E-state index is 11.7. The third-order valence-electron chi connectivity index (χ3n) is 3.37. The van der Waals surface area contributed by atoms with Crippen molar-refractivity contribution in [1.82, 2.24) is 10.2 Å². The van der Waals surface area contributed by atoms with Crippen LogP contribution in [-0.2, 0) is 14.3 Å². The fourth-order valence-electron chi connectivity index (χ4n) is 2.27. The Morgan fingerprint density at radius 2 is 2.11 bits per heavy atom. The summed E-state index contributed by atoms with van der Waals surface area (Å²) in [4.78, 5) is 25.1. The number of nitrogens with one attached hydrogen (secondary N) is 1. The maximum absolute atomic E-state index is 11.7. The molecule has 3 N–H and O–H groups in total. The molecule has 102 valence electrons. The summed E-state index contributed by atoms with van der Waals surface area (Å²) in [6.45, 7) is 2.67. The van der Waals surface area contributed by atoms with Crippen LogP contribution in [0.5, 0.6) is 0 Å². The van der Waals surface area contributed by atoms with E-state index in [1.54, 1.807) is 0 Å². The molecule has 2 aliphatic rings. The number of amides is 2. The number of hydrogen-bond donors (Lipinski definition) is 2. The van der Waals surface area contributed by atoms with Crippen molar-refractivity contribution in [1.29, 1.82) is 0 Å². The first kappa shape index (κ1) is 13.5. The first-order valence-corrected chi connectivity index (χ1v) is 6.53. The lowest BCUT2D eigenvalue weighted by Gasteiger charge is -2.26. The molecule has 1 saturated carbocycles. The summed E-state index contributed by atoms with van der Waals surface area (Å²) < 4.78 is 5.86. The molecule has 0 unspecified atom stereocenters. The highest BCUT2D eigenvalue weighted by Crippen LogP contribution is 2.40. The number of nitrogens with two attached hydrogens (primary N) is 1. The quantitative estimate of drug-likeness (QED) is 0.633. The largest absolute Gasteiger partial charge is 0.374 e. The SMILES string of the molecule is NCCN1CC(=O)NC(=O)CCCOC2(CC2)C1. The molecule has 0 aromatic rings. The van der Waals surface area contributed by atoms with Gasteiger partial charge in [-0.25, -0.2) is 0 Å². The van der Waals surface area contributed by atoms with E-state index in [0.29, 0.717) is 32.5 Å². The van der Waals surface area contributed by atoms with Crippen molar-refractivity contribution in [2.24, 2.45) is 5.73 Å². The van der Waals surface area contributed by atoms with Crippen molar-refractivity contribution in [3.63, 3.8) is 0 Å². The van der Waals surface area contributed by atoms with Crippen molar-refractivity contribution in [2.45, 2.75) is 31.3 Å². The third kappa shape index (κ3) is 3.76. The molecule has 2 fully saturated rings. The molecule has 18 heavy (non-hydrogen) atoms. The lowest BCUT2D eigenvalue weighted by atomic mass is 10.3. The standard InChI is InChI=1S/C12H21N3O3/c13-5-6-15-8-11(17)14-10(16)2-1-7-18-12(9-15)3-4-12/h1-9,13H2,(H,14,16,17). The first-order valence-electron chi connectivity index (χ1n) is 6.53. The highest BCUT2D eigenvalue weighted by molar-refractivity contribution is 5.96. The number of carbonyl (C=O) groups is 2. The van der Waals surface area contributed by atoms with Crippen LogP contribution < -0.4 is 11.1 Å². The smallest absolute Gasteiger partial charge is 0.240 e. The zero-order valence-electron chi connectivity index (χ0n) is 10.6. The van der Waals surface area contributed by atoms with Crippen molar-refractivity contribution in [2.75, 3.05) is 32.8 Å². The highest BCUT2D eigenvalue weighted by atomic mass is 16.5. The van der Waals surface area contributed by atoms with Crippen LogP contribution in [0, 0.1) is 0 Å². The van der Waals surface area contributed by atoms with Crippen molar-refractivity contribution in [3.05, 3.63) is 0 Å². The van der Waals surface area contributed by atoms with Crippen LogP contribution in [0.1, 0.15) is 25.7 Å². The van der Waals surface area contributed by atoms with E-state index >= 15 is 0 Å². The van der Waals surface area contributed by atoms with E-state index in [1.165, 1.54) is 0 Å². The second-order valence-electron chi connectivity index (χ2n) is 5.11. The summed E-state index contributed by atoms with van der Waals surface area (Å²) in [7, 11) is 0. The Morgan fingerprint density at radius 1 is 1.33 bits per heavy atom. The zero-order valence-corrected chi connectivity index (χ0v) is 10.6. The Labute approximate surface area is 107 Å². The predicted molar refractivity (Wildman–Crippen MR) is 65.8 cm³/mol. The number of hydrogen-bond acceptors (Lipinski definition) is 5. The molecular formula is C12H21N3O3. The van der Waals surface area contributed by atoms with Gasteiger partial charge in [0.15, 0.2) is 0 Å². The fraction of sp³-hybridized carbons (Fsp3) is 0.833. The minimum atomic E-state index is -0.244. The van der Waals surface area contributed by atoms with Gasteiger partial charge in [-0.05, 0) is 19.3 Å². The van der Waals surface area contributed by atoms with Crippen LogP contribution in [0.15, 0.2) is 0 Å². The van der Waals surface area contributed by atoms with Gasteiger partial charge in [0.05, 0.1) is 12.1 Å². The van der Waals surface area contributed by atoms with Gasteiger partial charge in [-0.3, -0.25) is 19.8 Å². The van der Waals surface area contributed by atoms with Crippen LogP contribution in [0.2, 0.25) is 0 Å². The molecule has 6 heteroatoms. The summed E-state index contributed by atoms with van der Waals surface area (Å²) in [5.74, 6) is -0.464. The normalized spacial score (nSPS) is 25.6. The van der Waals surface area contributed by atoms with E-state index in [4.69, 9.17) is 10.5 Å². The van der Waals surface area contributed by atoms with E-state index < -0.39 is 0 Å². The van der Waals surface area contributed by atoms with Gasteiger partial charge in [0.2, 0.25) is 11.8 Å². The average Bonchev–Trinajstić information content (AvgIpc) is 3.04. The summed E-state index contributed by atoms with van der Waals surface area (Å²) in [5, 5.41) is 2.40. The van der Waals surface area contributed by atoms with Gasteiger partial charge in [0.1, 0.15) is 0 Å². The molecule has 1 aliphatic heterocycles. The highest BCUT2D eigenvalue weighted by Gasteiger charge is 2.45. The van der Waals surface area contributed by atoms with E-state index in [9.17, 15) is 9.59 Å². The molecule has 1 spiro atoms. The van der Waals surface area contributed by atoms with Crippen molar-refractivity contribution in [3.8, 4) is 0 Å². The molecule has 0 radical (unpaired) electrons. The van der Waals surface area contributed by atoms with Gasteiger partial charge in [-0.15, -0.1) is 0 Å². The van der Waals surface area contributed by atoms with Crippen LogP contribution in [-0.4, -0.2) is 55.1 Å². The van der Waals surface area contributed by atoms with Crippen LogP contribution in [0.4, 0.5) is 0 Å². The average molecular weight is 255 g/mol. The van der Waals surface area contributed by atoms with Crippen LogP contribution >= 0.6 is 0 Å². The third-order valence-corrected chi connectivity index (χ3v) is 3.37. The lowest BCUT2D eigenvalue weighted by Crippen LogP contribution is -2.45. The number of carbonyl (C=O) groups excluding carboxylic acids is 2. The minimum absolute atomic E-state index is 0.0944. The number of rotatable bonds is 2. The number of nitrogens with zero attached hydrogens (tertiary/aromatic N) is 1. The topological polar surface area (TPSA) is 84.7 Å². The lowest BCUT2D eigenvalue weighted by molar-refractivity contribution is -0.131. The molecule has 2 amide bonds. The molecule has 0 bridgehead atoms. The van der Waals surface area contributed by atoms with Gasteiger partial charge in [-0.2, -0.15) is 0 Å². The summed E-state index contributed by atoms with van der Waals surface area (Å²) in [6.07, 6.45) is 3.07. The maximum Gasteiger partial charge on any atom is 0.240 e. The molecule has 1 saturated heterocycles. The van der Waals surface area contributed by atoms with Crippen molar-refractivity contribution < 1.29 is 14.3 Å². The van der Waals surface area contributed by atoms with Gasteiger partial charge in [0, 0.05) is 32.7 Å². The van der Waals surface area contributed by atoms with E-state index in [2.05, 4.69) is 5.32 Å². The van der Waals surface area contributed by atoms with E-state index in [-0.39, 0.29) is 24.0 Å². The number of ether oxygens (including phenoxy) is 1. The summed E-state index contributed by atoms with van der Waals surface area (Å²) in [6, 6.07) is 0. The minimum Gasteiger partial charge on any atom is -0.374 e. The zero-order chi connectivity index (χ0) is 13.0. The molecule has 6 nitrogen and oxygen atoms in total. The first-order chi connectivity index (χ1) is 8.63. The Kier molecular flexibility index (Phi) is 4.31. The van der Waals surface area contributed by atoms with Crippen LogP contribution in [0.25, 0.3) is 0 Å². The van der Waals surface area contributed by atoms with Gasteiger partial charge >= 0.3 is 0 Å². The second-order valence-corrected chi connectivity index (χ2v) is 5.11. The van der Waals surface area contributed by atoms with Gasteiger partial charge < -0.3 is 10.5 Å². The Hall–Kier alpha value is -0.980. The fourth-order valence-corrected chi connectivity index (χ4v) is 2.27. The number of imide groups is 1. The molecule has 1 heterocycles. The van der Waals surface area contributed by atoms with Gasteiger partial charge in [-0.1, -0.05) is 0 Å². The monoisotopic (exact) mass is 255 g/mol. The molecular weight excluding hydrogens is 234 g/mol. The van der Waals surface area contributed by atoms with Gasteiger partial charge in [0.25, 0.3) is 0 Å². The molecule has 0 atom stereocenters. The van der Waals surface area contributed by atoms with E-state index in [0.717, 1.165) is 19.4 Å². The Morgan fingerprint density at radius 3 is 2.78 bits per heavy atom. The molecule has 1 aliphatic carbocycles. The van der Waals surface area contributed by atoms with Crippen molar-refractivity contribution >= 4 is 11.8 Å². The Bertz CT molecular complexity index is 329. The summed E-state index contributed by atoms with van der Waals surface area (Å²) in [5.41, 5.74) is 5.46. The molecule has 0 aromatic carbocycles.